The highest BCUT2D eigenvalue weighted by molar-refractivity contribution is 7.90. The number of nitrogens with zero attached hydrogens (tertiary/aromatic N) is 1. The third kappa shape index (κ3) is 9.64. The number of hydrogen-bond donors (Lipinski definition) is 3. The van der Waals surface area contributed by atoms with Crippen LogP contribution in [0, 0.1) is 22.7 Å². The summed E-state index contributed by atoms with van der Waals surface area (Å²) in [4.78, 5) is 81.6. The fourth-order valence-corrected chi connectivity index (χ4v) is 8.83. The third-order valence-electron chi connectivity index (χ3n) is 10.9. The molecule has 4 aliphatic rings. The number of ether oxygens (including phenoxy) is 2. The van der Waals surface area contributed by atoms with E-state index in [-0.39, 0.29) is 44.4 Å². The summed E-state index contributed by atoms with van der Waals surface area (Å²) in [5.41, 5.74) is -1.10. The summed E-state index contributed by atoms with van der Waals surface area (Å²) in [7, 11) is -3.89. The highest BCUT2D eigenvalue weighted by atomic mass is 32.2. The number of allylic oxidation sites excluding steroid dienone is 1. The van der Waals surface area contributed by atoms with Crippen LogP contribution in [-0.4, -0.2) is 84.6 Å². The Balaban J connectivity index is 1.42. The lowest BCUT2D eigenvalue weighted by Gasteiger charge is -2.34. The van der Waals surface area contributed by atoms with Crippen LogP contribution in [0.3, 0.4) is 0 Å². The molecule has 1 aromatic carbocycles. The highest BCUT2D eigenvalue weighted by Crippen LogP contribution is 2.57. The number of nitrogens with one attached hydrogen (secondary N) is 2. The molecule has 2 heterocycles. The van der Waals surface area contributed by atoms with Gasteiger partial charge in [0, 0.05) is 18.5 Å². The Hall–Kier alpha value is -4.27. The number of carboxylic acid groups (broad SMARTS) is 1. The van der Waals surface area contributed by atoms with Gasteiger partial charge in [-0.1, -0.05) is 46.1 Å². The second-order valence-electron chi connectivity index (χ2n) is 16.0. The number of aromatic carboxylic acids is 1. The lowest BCUT2D eigenvalue weighted by Crippen LogP contribution is -2.48. The maximum absolute atomic E-state index is 14.4. The molecule has 2 aliphatic carbocycles. The van der Waals surface area contributed by atoms with Crippen LogP contribution in [0.5, 0.6) is 0 Å². The molecule has 15 heteroatoms. The lowest BCUT2D eigenvalue weighted by molar-refractivity contribution is -0.153. The van der Waals surface area contributed by atoms with E-state index in [4.69, 9.17) is 9.47 Å². The summed E-state index contributed by atoms with van der Waals surface area (Å²) >= 11 is 0. The molecule has 0 aromatic heterocycles. The van der Waals surface area contributed by atoms with Gasteiger partial charge in [0.15, 0.2) is 5.78 Å². The maximum atomic E-state index is 14.4. The summed E-state index contributed by atoms with van der Waals surface area (Å²) in [6.07, 6.45) is 4.33. The van der Waals surface area contributed by atoms with Crippen molar-refractivity contribution in [3.8, 4) is 0 Å². The number of carboxylic acids is 1. The predicted molar refractivity (Wildman–Crippen MR) is 193 cm³/mol. The number of benzene rings is 1. The Morgan fingerprint density at radius 2 is 1.79 bits per heavy atom. The Morgan fingerprint density at radius 3 is 2.43 bits per heavy atom. The lowest BCUT2D eigenvalue weighted by atomic mass is 9.77. The minimum Gasteiger partial charge on any atom is -0.478 e. The molecule has 0 spiro atoms. The molecule has 1 aromatic rings. The van der Waals surface area contributed by atoms with E-state index in [0.29, 0.717) is 43.4 Å². The van der Waals surface area contributed by atoms with Crippen molar-refractivity contribution in [2.45, 2.75) is 115 Å². The zero-order chi connectivity index (χ0) is 38.7. The van der Waals surface area contributed by atoms with Crippen LogP contribution in [0.4, 0.5) is 10.5 Å². The number of Topliss-reactive ketones (excluding diaryl/α,β-unsaturated/α-hetero) is 1. The van der Waals surface area contributed by atoms with E-state index in [1.165, 1.54) is 23.1 Å². The SMILES string of the molecule is C=C[C@@H]1C[C@]1(CC(=O)[C@@H]1C[C@@H]2CN1C(=O)[C@H](C(C)(C)C)CC(=O)OCCCCCCCc1cc(ccc1C(=O)O)NC(=O)O2)C(=O)NS(=O)(=O)C1CC1. The van der Waals surface area contributed by atoms with Crippen molar-refractivity contribution < 1.29 is 51.8 Å². The van der Waals surface area contributed by atoms with Gasteiger partial charge in [0.25, 0.3) is 0 Å². The van der Waals surface area contributed by atoms with E-state index < -0.39 is 85.7 Å². The van der Waals surface area contributed by atoms with E-state index in [9.17, 15) is 42.3 Å². The van der Waals surface area contributed by atoms with E-state index in [1.807, 2.05) is 0 Å². The zero-order valence-electron chi connectivity index (χ0n) is 30.7. The summed E-state index contributed by atoms with van der Waals surface area (Å²) in [5.74, 6) is -4.81. The number of carbonyl (C=O) groups excluding carboxylic acids is 5. The van der Waals surface area contributed by atoms with Crippen molar-refractivity contribution in [2.75, 3.05) is 18.5 Å². The summed E-state index contributed by atoms with van der Waals surface area (Å²) in [6.45, 7) is 9.19. The van der Waals surface area contributed by atoms with Crippen molar-refractivity contribution >= 4 is 51.3 Å². The van der Waals surface area contributed by atoms with E-state index >= 15 is 0 Å². The fraction of sp³-hybridized carbons (Fsp3) is 0.632. The molecule has 2 aliphatic heterocycles. The molecule has 5 atom stereocenters. The molecular weight excluding hydrogens is 706 g/mol. The first-order chi connectivity index (χ1) is 24.9. The fourth-order valence-electron chi connectivity index (χ4n) is 7.45. The van der Waals surface area contributed by atoms with Gasteiger partial charge in [-0.25, -0.2) is 18.0 Å². The molecule has 0 radical (unpaired) electrons. The molecular formula is C38H51N3O11S. The van der Waals surface area contributed by atoms with Crippen LogP contribution < -0.4 is 10.0 Å². The van der Waals surface area contributed by atoms with Gasteiger partial charge in [-0.15, -0.1) is 6.58 Å². The summed E-state index contributed by atoms with van der Waals surface area (Å²) in [5, 5.41) is 11.7. The topological polar surface area (TPSA) is 203 Å². The van der Waals surface area contributed by atoms with Crippen molar-refractivity contribution in [3.63, 3.8) is 0 Å². The quantitative estimate of drug-likeness (QED) is 0.244. The van der Waals surface area contributed by atoms with Gasteiger partial charge in [-0.3, -0.25) is 29.2 Å². The maximum Gasteiger partial charge on any atom is 0.411 e. The molecule has 5 rings (SSSR count). The second kappa shape index (κ2) is 16.0. The molecule has 4 bridgehead atoms. The Kier molecular flexibility index (Phi) is 12.0. The first-order valence-electron chi connectivity index (χ1n) is 18.5. The summed E-state index contributed by atoms with van der Waals surface area (Å²) in [6, 6.07) is 3.34. The molecule has 290 valence electrons. The van der Waals surface area contributed by atoms with E-state index in [1.54, 1.807) is 26.8 Å². The molecule has 3 fully saturated rings. The Bertz CT molecular complexity index is 1750. The molecule has 3 N–H and O–H groups in total. The van der Waals surface area contributed by atoms with Gasteiger partial charge in [-0.05, 0) is 73.6 Å². The monoisotopic (exact) mass is 757 g/mol. The largest absolute Gasteiger partial charge is 0.478 e. The number of ketones is 1. The molecule has 0 unspecified atom stereocenters. The number of amides is 3. The van der Waals surface area contributed by atoms with Gasteiger partial charge >= 0.3 is 18.0 Å². The van der Waals surface area contributed by atoms with Crippen molar-refractivity contribution in [1.29, 1.82) is 0 Å². The molecule has 2 saturated carbocycles. The van der Waals surface area contributed by atoms with Crippen LogP contribution >= 0.6 is 0 Å². The number of cyclic esters (lactones) is 1. The van der Waals surface area contributed by atoms with Crippen LogP contribution in [0.1, 0.15) is 107 Å². The number of aryl methyl sites for hydroxylation is 1. The number of hydrogen-bond acceptors (Lipinski definition) is 10. The first kappa shape index (κ1) is 39.9. The Morgan fingerprint density at radius 1 is 1.09 bits per heavy atom. The predicted octanol–water partition coefficient (Wildman–Crippen LogP) is 4.76. The van der Waals surface area contributed by atoms with Crippen molar-refractivity contribution in [2.24, 2.45) is 22.7 Å². The standard InChI is InChI=1S/C38H51N3O11S/c1-5-24-20-38(24,35(47)40-53(49,50)27-13-14-27)21-31(42)30-18-26-22-41(30)33(44)29(37(2,3)4)19-32(43)51-16-10-8-6-7-9-11-23-17-25(39-36(48)52-26)12-15-28(23)34(45)46/h5,12,15,17,24,26-27,29-30H,1,6-11,13-14,16,18-22H2,2-4H3,(H,39,48)(H,40,47)(H,45,46)/t24-,26-,29-,30+,38-/m1/s1. The van der Waals surface area contributed by atoms with E-state index in [0.717, 1.165) is 19.3 Å². The van der Waals surface area contributed by atoms with Crippen molar-refractivity contribution in [3.05, 3.63) is 42.0 Å². The number of rotatable bonds is 8. The molecule has 53 heavy (non-hydrogen) atoms. The minimum absolute atomic E-state index is 0.0979. The average molecular weight is 758 g/mol. The third-order valence-corrected chi connectivity index (χ3v) is 12.7. The smallest absolute Gasteiger partial charge is 0.411 e. The van der Waals surface area contributed by atoms with Crippen LogP contribution in [0.2, 0.25) is 0 Å². The number of carbonyl (C=O) groups is 6. The minimum atomic E-state index is -3.89. The average Bonchev–Trinajstić information content (AvgIpc) is 4.00. The number of anilines is 1. The van der Waals surface area contributed by atoms with Gasteiger partial charge < -0.3 is 19.5 Å². The number of fused-ring (bicyclic) bond motifs is 4. The molecule has 14 nitrogen and oxygen atoms in total. The first-order valence-corrected chi connectivity index (χ1v) is 20.0. The van der Waals surface area contributed by atoms with E-state index in [2.05, 4.69) is 16.6 Å². The van der Waals surface area contributed by atoms with Gasteiger partial charge in [-0.2, -0.15) is 0 Å². The van der Waals surface area contributed by atoms with Crippen molar-refractivity contribution in [1.82, 2.24) is 9.62 Å². The molecule has 1 saturated heterocycles. The molecule has 3 amide bonds. The summed E-state index contributed by atoms with van der Waals surface area (Å²) < 4.78 is 38.7. The number of sulfonamides is 1. The normalized spacial score (nSPS) is 27.7. The van der Waals surface area contributed by atoms with Gasteiger partial charge in [0.2, 0.25) is 21.8 Å². The van der Waals surface area contributed by atoms with Crippen LogP contribution in [-0.2, 0) is 45.1 Å². The van der Waals surface area contributed by atoms with Crippen LogP contribution in [0.25, 0.3) is 0 Å². The Labute approximate surface area is 310 Å². The van der Waals surface area contributed by atoms with Gasteiger partial charge in [0.05, 0.1) is 47.8 Å². The van der Waals surface area contributed by atoms with Gasteiger partial charge in [0.1, 0.15) is 6.10 Å². The van der Waals surface area contributed by atoms with Crippen LogP contribution in [0.15, 0.2) is 30.9 Å². The zero-order valence-corrected chi connectivity index (χ0v) is 31.5. The number of esters is 1. The highest BCUT2D eigenvalue weighted by Gasteiger charge is 2.61. The second-order valence-corrected chi connectivity index (χ2v) is 17.9.